The SMILES string of the molecule is C=CC(=O)OCC(C)(C)COC(=O)CCC(=O)OCCOC(=O)C1CCC(C2CCC(C(=O)Oc3ccc(OC(=O)C4CCC(C5CCC(C(=O)OCCOC(=O)CCC(=O)OCC(C)(C)COC(=O)C=C)CC5)CC4)c(OC)c3)CC2)CC1. The summed E-state index contributed by atoms with van der Waals surface area (Å²) in [5, 5.41) is 0. The molecule has 0 amide bonds. The first kappa shape index (κ1) is 68.0. The fraction of sp³-hybridized carbons (Fsp3) is 0.683. The molecule has 0 unspecified atom stereocenters. The third-order valence-corrected chi connectivity index (χ3v) is 16.4. The molecule has 21 heteroatoms. The maximum absolute atomic E-state index is 13.4. The van der Waals surface area contributed by atoms with E-state index in [0.717, 1.165) is 63.5 Å². The van der Waals surface area contributed by atoms with Gasteiger partial charge in [-0.15, -0.1) is 0 Å². The van der Waals surface area contributed by atoms with Crippen molar-refractivity contribution in [3.63, 3.8) is 0 Å². The normalized spacial score (nSPS) is 22.5. The minimum Gasteiger partial charge on any atom is -0.493 e. The molecule has 0 heterocycles. The van der Waals surface area contributed by atoms with Crippen molar-refractivity contribution in [3.05, 3.63) is 43.5 Å². The van der Waals surface area contributed by atoms with E-state index in [1.807, 2.05) is 0 Å². The first-order chi connectivity index (χ1) is 40.1. The standard InChI is InChI=1S/C63H88O21/c1-8-52(64)79-37-62(3,4)39-81-56(68)30-28-54(66)75-32-34-77-58(70)45-18-10-41(11-19-45)43-14-22-47(23-15-43)60(72)83-49-26-27-50(51(36-49)74-7)84-61(73)48-24-16-44(17-25-48)42-12-20-46(21-13-42)59(71)78-35-33-76-55(67)29-31-57(69)82-40-63(5,6)38-80-53(65)9-2/h8-9,26-27,36,41-48H,1-2,10-25,28-35,37-40H2,3-7H3. The van der Waals surface area contributed by atoms with Crippen LogP contribution in [0.1, 0.15) is 156 Å². The van der Waals surface area contributed by atoms with E-state index in [1.165, 1.54) is 7.11 Å². The van der Waals surface area contributed by atoms with Crippen LogP contribution in [0.3, 0.4) is 0 Å². The van der Waals surface area contributed by atoms with Crippen LogP contribution in [0.2, 0.25) is 0 Å². The summed E-state index contributed by atoms with van der Waals surface area (Å²) in [7, 11) is 1.46. The molecule has 5 rings (SSSR count). The van der Waals surface area contributed by atoms with Gasteiger partial charge in [-0.1, -0.05) is 40.9 Å². The third kappa shape index (κ3) is 23.7. The Hall–Kier alpha value is -6.80. The molecule has 0 bridgehead atoms. The Morgan fingerprint density at radius 3 is 1.06 bits per heavy atom. The Morgan fingerprint density at radius 1 is 0.405 bits per heavy atom. The van der Waals surface area contributed by atoms with Gasteiger partial charge in [0, 0.05) is 29.0 Å². The van der Waals surface area contributed by atoms with E-state index in [1.54, 1.807) is 45.9 Å². The second-order valence-corrected chi connectivity index (χ2v) is 24.2. The van der Waals surface area contributed by atoms with Crippen LogP contribution in [0.5, 0.6) is 17.2 Å². The highest BCUT2D eigenvalue weighted by atomic mass is 16.6. The molecule has 0 saturated heterocycles. The molecule has 1 aromatic carbocycles. The van der Waals surface area contributed by atoms with Crippen LogP contribution in [0.4, 0.5) is 0 Å². The maximum Gasteiger partial charge on any atom is 0.330 e. The van der Waals surface area contributed by atoms with Crippen LogP contribution in [0.25, 0.3) is 0 Å². The minimum absolute atomic E-state index is 0.00656. The van der Waals surface area contributed by atoms with Gasteiger partial charge < -0.3 is 52.1 Å². The number of esters is 10. The van der Waals surface area contributed by atoms with Gasteiger partial charge in [0.1, 0.15) is 32.2 Å². The number of carbonyl (C=O) groups is 10. The van der Waals surface area contributed by atoms with Crippen LogP contribution in [0.15, 0.2) is 43.5 Å². The third-order valence-electron chi connectivity index (χ3n) is 16.4. The summed E-state index contributed by atoms with van der Waals surface area (Å²) in [5.74, 6) is -3.28. The summed E-state index contributed by atoms with van der Waals surface area (Å²) in [4.78, 5) is 124. The molecule has 84 heavy (non-hydrogen) atoms. The summed E-state index contributed by atoms with van der Waals surface area (Å²) in [6.07, 6.45) is 13.9. The Labute approximate surface area is 493 Å². The van der Waals surface area contributed by atoms with E-state index in [0.29, 0.717) is 80.8 Å². The molecule has 0 atom stereocenters. The van der Waals surface area contributed by atoms with Crippen molar-refractivity contribution in [2.24, 2.45) is 58.2 Å². The van der Waals surface area contributed by atoms with Crippen molar-refractivity contribution in [2.45, 2.75) is 156 Å². The molecule has 4 aliphatic carbocycles. The molecular weight excluding hydrogens is 1090 g/mol. The van der Waals surface area contributed by atoms with Gasteiger partial charge in [-0.05, 0) is 139 Å². The summed E-state index contributed by atoms with van der Waals surface area (Å²) >= 11 is 0. The Kier molecular flexibility index (Phi) is 27.7. The largest absolute Gasteiger partial charge is 0.493 e. The van der Waals surface area contributed by atoms with Gasteiger partial charge in [0.15, 0.2) is 11.5 Å². The fourth-order valence-electron chi connectivity index (χ4n) is 11.3. The number of benzene rings is 1. The zero-order valence-corrected chi connectivity index (χ0v) is 49.8. The van der Waals surface area contributed by atoms with Crippen molar-refractivity contribution in [1.82, 2.24) is 0 Å². The monoisotopic (exact) mass is 1180 g/mol. The second-order valence-electron chi connectivity index (χ2n) is 24.2. The Bertz CT molecular complexity index is 2410. The highest BCUT2D eigenvalue weighted by Gasteiger charge is 2.38. The molecule has 4 saturated carbocycles. The van der Waals surface area contributed by atoms with E-state index in [9.17, 15) is 47.9 Å². The molecule has 0 aromatic heterocycles. The lowest BCUT2D eigenvalue weighted by Gasteiger charge is -2.36. The van der Waals surface area contributed by atoms with Gasteiger partial charge >= 0.3 is 59.7 Å². The molecule has 466 valence electrons. The molecule has 4 aliphatic rings. The van der Waals surface area contributed by atoms with Crippen LogP contribution < -0.4 is 14.2 Å². The van der Waals surface area contributed by atoms with Gasteiger partial charge in [-0.2, -0.15) is 0 Å². The fourth-order valence-corrected chi connectivity index (χ4v) is 11.3. The van der Waals surface area contributed by atoms with E-state index in [-0.39, 0.29) is 138 Å². The van der Waals surface area contributed by atoms with Gasteiger partial charge in [-0.25, -0.2) is 9.59 Å². The van der Waals surface area contributed by atoms with Crippen molar-refractivity contribution in [3.8, 4) is 17.2 Å². The predicted octanol–water partition coefficient (Wildman–Crippen LogP) is 9.06. The van der Waals surface area contributed by atoms with E-state index >= 15 is 0 Å². The molecule has 4 fully saturated rings. The van der Waals surface area contributed by atoms with Crippen LogP contribution in [-0.2, 0) is 85.8 Å². The minimum atomic E-state index is -0.622. The summed E-state index contributed by atoms with van der Waals surface area (Å²) < 4.78 is 58.8. The topological polar surface area (TPSA) is 272 Å². The quantitative estimate of drug-likeness (QED) is 0.0220. The van der Waals surface area contributed by atoms with Gasteiger partial charge in [0.25, 0.3) is 0 Å². The Balaban J connectivity index is 0.892. The van der Waals surface area contributed by atoms with Crippen molar-refractivity contribution in [2.75, 3.05) is 60.0 Å². The first-order valence-corrected chi connectivity index (χ1v) is 29.7. The predicted molar refractivity (Wildman–Crippen MR) is 300 cm³/mol. The highest BCUT2D eigenvalue weighted by Crippen LogP contribution is 2.44. The molecule has 0 spiro atoms. The van der Waals surface area contributed by atoms with Crippen molar-refractivity contribution < 1.29 is 100 Å². The zero-order valence-electron chi connectivity index (χ0n) is 49.8. The summed E-state index contributed by atoms with van der Waals surface area (Å²) in [6.45, 7) is 13.4. The average molecular weight is 1180 g/mol. The summed E-state index contributed by atoms with van der Waals surface area (Å²) in [5.41, 5.74) is -1.24. The number of hydrogen-bond acceptors (Lipinski definition) is 21. The van der Waals surface area contributed by atoms with E-state index in [2.05, 4.69) is 13.2 Å². The van der Waals surface area contributed by atoms with Crippen molar-refractivity contribution in [1.29, 1.82) is 0 Å². The van der Waals surface area contributed by atoms with Gasteiger partial charge in [-0.3, -0.25) is 38.4 Å². The molecule has 0 radical (unpaired) electrons. The number of hydrogen-bond donors (Lipinski definition) is 0. The lowest BCUT2D eigenvalue weighted by Crippen LogP contribution is -2.32. The van der Waals surface area contributed by atoms with E-state index in [4.69, 9.17) is 52.1 Å². The van der Waals surface area contributed by atoms with Crippen LogP contribution in [0, 0.1) is 58.2 Å². The van der Waals surface area contributed by atoms with Crippen LogP contribution >= 0.6 is 0 Å². The second kappa shape index (κ2) is 34.2. The molecule has 0 aliphatic heterocycles. The number of methoxy groups -OCH3 is 1. The zero-order chi connectivity index (χ0) is 61.2. The maximum atomic E-state index is 13.4. The molecule has 1 aromatic rings. The smallest absolute Gasteiger partial charge is 0.330 e. The van der Waals surface area contributed by atoms with Gasteiger partial charge in [0.05, 0.1) is 82.9 Å². The number of carbonyl (C=O) groups excluding carboxylic acids is 10. The lowest BCUT2D eigenvalue weighted by atomic mass is 9.69. The van der Waals surface area contributed by atoms with E-state index < -0.39 is 46.6 Å². The highest BCUT2D eigenvalue weighted by molar-refractivity contribution is 5.82. The molecular formula is C63H88O21. The molecule has 21 nitrogen and oxygen atoms in total. The number of ether oxygens (including phenoxy) is 11. The Morgan fingerprint density at radius 2 is 0.714 bits per heavy atom. The van der Waals surface area contributed by atoms with Crippen LogP contribution in [-0.4, -0.2) is 120 Å². The van der Waals surface area contributed by atoms with Gasteiger partial charge in [0.2, 0.25) is 0 Å². The number of rotatable bonds is 31. The van der Waals surface area contributed by atoms with Crippen molar-refractivity contribution >= 4 is 59.7 Å². The lowest BCUT2D eigenvalue weighted by molar-refractivity contribution is -0.158. The molecule has 0 N–H and O–H groups in total. The summed E-state index contributed by atoms with van der Waals surface area (Å²) in [6, 6.07) is 4.75. The average Bonchev–Trinajstić information content (AvgIpc) is 3.50. The first-order valence-electron chi connectivity index (χ1n) is 29.7.